The summed E-state index contributed by atoms with van der Waals surface area (Å²) in [4.78, 5) is 4.25. The van der Waals surface area contributed by atoms with Crippen LogP contribution in [0.2, 0.25) is 0 Å². The second-order valence-electron chi connectivity index (χ2n) is 6.86. The van der Waals surface area contributed by atoms with Crippen LogP contribution in [0.25, 0.3) is 11.4 Å². The van der Waals surface area contributed by atoms with E-state index >= 15 is 0 Å². The molecule has 8 nitrogen and oxygen atoms in total. The summed E-state index contributed by atoms with van der Waals surface area (Å²) in [5.74, 6) is 0.634. The summed E-state index contributed by atoms with van der Waals surface area (Å²) in [5.41, 5.74) is -0.405. The van der Waals surface area contributed by atoms with Crippen molar-refractivity contribution < 1.29 is 35.6 Å². The van der Waals surface area contributed by atoms with E-state index in [-0.39, 0.29) is 23.2 Å². The van der Waals surface area contributed by atoms with Crippen LogP contribution in [0.4, 0.5) is 13.2 Å². The molecular weight excluding hydrogens is 451 g/mol. The second kappa shape index (κ2) is 8.88. The molecule has 1 aliphatic rings. The molecule has 3 aromatic rings. The normalized spacial score (nSPS) is 15.6. The van der Waals surface area contributed by atoms with Gasteiger partial charge >= 0.3 is 6.18 Å². The van der Waals surface area contributed by atoms with Crippen LogP contribution < -0.4 is 4.74 Å². The van der Waals surface area contributed by atoms with E-state index in [1.807, 2.05) is 0 Å². The highest BCUT2D eigenvalue weighted by atomic mass is 32.2. The predicted octanol–water partition coefficient (Wildman–Crippen LogP) is 3.36. The fraction of sp³-hybridized carbons (Fsp3) is 0.300. The van der Waals surface area contributed by atoms with Gasteiger partial charge in [0.15, 0.2) is 6.61 Å². The number of alkyl halides is 3. The van der Waals surface area contributed by atoms with Crippen LogP contribution in [0.5, 0.6) is 5.75 Å². The Hall–Kier alpha value is -2.96. The monoisotopic (exact) mass is 469 g/mol. The van der Waals surface area contributed by atoms with Gasteiger partial charge in [-0.05, 0) is 36.4 Å². The van der Waals surface area contributed by atoms with E-state index in [0.29, 0.717) is 37.6 Å². The molecule has 1 saturated heterocycles. The van der Waals surface area contributed by atoms with Crippen LogP contribution in [0, 0.1) is 0 Å². The van der Waals surface area contributed by atoms with Gasteiger partial charge in [-0.15, -0.1) is 0 Å². The van der Waals surface area contributed by atoms with Crippen molar-refractivity contribution in [1.29, 1.82) is 0 Å². The number of hydrogen-bond acceptors (Lipinski definition) is 7. The molecule has 0 bridgehead atoms. The molecule has 0 unspecified atom stereocenters. The highest BCUT2D eigenvalue weighted by molar-refractivity contribution is 7.89. The highest BCUT2D eigenvalue weighted by Crippen LogP contribution is 2.30. The van der Waals surface area contributed by atoms with Crippen molar-refractivity contribution in [3.8, 4) is 17.1 Å². The minimum Gasteiger partial charge on any atom is -0.484 e. The number of halogens is 3. The number of morpholine rings is 1. The summed E-state index contributed by atoms with van der Waals surface area (Å²) in [6, 6.07) is 10.3. The smallest absolute Gasteiger partial charge is 0.416 e. The molecule has 170 valence electrons. The SMILES string of the molecule is O=S(=O)(c1ccc(OCc2nc(-c3ccc(C(F)(F)F)cc3)no2)cc1)N1CCOCC1. The first-order valence-electron chi connectivity index (χ1n) is 9.54. The van der Waals surface area contributed by atoms with Gasteiger partial charge in [-0.1, -0.05) is 17.3 Å². The Morgan fingerprint density at radius 2 is 1.66 bits per heavy atom. The maximum absolute atomic E-state index is 12.7. The Bertz CT molecular complexity index is 1160. The molecule has 0 amide bonds. The van der Waals surface area contributed by atoms with Gasteiger partial charge in [0.2, 0.25) is 15.8 Å². The quantitative estimate of drug-likeness (QED) is 0.546. The maximum Gasteiger partial charge on any atom is 0.416 e. The Labute approximate surface area is 181 Å². The van der Waals surface area contributed by atoms with Gasteiger partial charge < -0.3 is 14.0 Å². The van der Waals surface area contributed by atoms with E-state index in [1.165, 1.54) is 40.7 Å². The van der Waals surface area contributed by atoms with Crippen LogP contribution in [-0.2, 0) is 27.5 Å². The minimum absolute atomic E-state index is 0.0941. The van der Waals surface area contributed by atoms with Gasteiger partial charge in [-0.25, -0.2) is 8.42 Å². The van der Waals surface area contributed by atoms with E-state index < -0.39 is 21.8 Å². The van der Waals surface area contributed by atoms with Gasteiger partial charge in [-0.2, -0.15) is 22.5 Å². The topological polar surface area (TPSA) is 94.8 Å². The van der Waals surface area contributed by atoms with Crippen molar-refractivity contribution >= 4 is 10.0 Å². The molecule has 4 rings (SSSR count). The summed E-state index contributed by atoms with van der Waals surface area (Å²) in [6.07, 6.45) is -4.42. The van der Waals surface area contributed by atoms with Crippen molar-refractivity contribution in [3.05, 3.63) is 60.0 Å². The van der Waals surface area contributed by atoms with E-state index in [1.54, 1.807) is 0 Å². The molecule has 2 aromatic carbocycles. The second-order valence-corrected chi connectivity index (χ2v) is 8.80. The molecule has 0 N–H and O–H groups in total. The Balaban J connectivity index is 1.38. The zero-order valence-electron chi connectivity index (χ0n) is 16.6. The Morgan fingerprint density at radius 1 is 1.00 bits per heavy atom. The largest absolute Gasteiger partial charge is 0.484 e. The standard InChI is InChI=1S/C20H18F3N3O5S/c21-20(22,23)15-3-1-14(2-4-15)19-24-18(31-25-19)13-30-16-5-7-17(8-6-16)32(27,28)26-9-11-29-12-10-26/h1-8H,9-13H2. The lowest BCUT2D eigenvalue weighted by Gasteiger charge is -2.26. The Morgan fingerprint density at radius 3 is 2.28 bits per heavy atom. The van der Waals surface area contributed by atoms with Crippen LogP contribution in [-0.4, -0.2) is 49.2 Å². The maximum atomic E-state index is 12.7. The van der Waals surface area contributed by atoms with Crippen molar-refractivity contribution in [3.63, 3.8) is 0 Å². The number of hydrogen-bond donors (Lipinski definition) is 0. The van der Waals surface area contributed by atoms with Crippen molar-refractivity contribution in [1.82, 2.24) is 14.4 Å². The summed E-state index contributed by atoms with van der Waals surface area (Å²) in [6.45, 7) is 1.24. The lowest BCUT2D eigenvalue weighted by Crippen LogP contribution is -2.40. The molecule has 0 aliphatic carbocycles. The predicted molar refractivity (Wildman–Crippen MR) is 105 cm³/mol. The fourth-order valence-corrected chi connectivity index (χ4v) is 4.44. The first kappa shape index (κ1) is 22.2. The molecule has 1 aliphatic heterocycles. The third-order valence-corrected chi connectivity index (χ3v) is 6.65. The molecule has 0 atom stereocenters. The third kappa shape index (κ3) is 4.92. The molecule has 1 aromatic heterocycles. The molecule has 0 radical (unpaired) electrons. The zero-order valence-corrected chi connectivity index (χ0v) is 17.4. The lowest BCUT2D eigenvalue weighted by molar-refractivity contribution is -0.137. The van der Waals surface area contributed by atoms with Crippen LogP contribution in [0.15, 0.2) is 57.9 Å². The molecule has 1 fully saturated rings. The lowest BCUT2D eigenvalue weighted by atomic mass is 10.1. The van der Waals surface area contributed by atoms with E-state index in [4.69, 9.17) is 14.0 Å². The summed E-state index contributed by atoms with van der Waals surface area (Å²) >= 11 is 0. The van der Waals surface area contributed by atoms with Crippen molar-refractivity contribution in [2.75, 3.05) is 26.3 Å². The van der Waals surface area contributed by atoms with E-state index in [0.717, 1.165) is 12.1 Å². The van der Waals surface area contributed by atoms with Crippen molar-refractivity contribution in [2.24, 2.45) is 0 Å². The average Bonchev–Trinajstić information content (AvgIpc) is 3.27. The van der Waals surface area contributed by atoms with Gasteiger partial charge in [-0.3, -0.25) is 0 Å². The molecule has 12 heteroatoms. The minimum atomic E-state index is -4.42. The van der Waals surface area contributed by atoms with Crippen LogP contribution in [0.3, 0.4) is 0 Å². The fourth-order valence-electron chi connectivity index (χ4n) is 3.03. The van der Waals surface area contributed by atoms with Gasteiger partial charge in [0.1, 0.15) is 5.75 Å². The molecule has 0 saturated carbocycles. The summed E-state index contributed by atoms with van der Waals surface area (Å²) in [7, 11) is -3.60. The number of nitrogens with zero attached hydrogens (tertiary/aromatic N) is 3. The molecule has 2 heterocycles. The third-order valence-electron chi connectivity index (χ3n) is 4.73. The molecule has 0 spiro atoms. The van der Waals surface area contributed by atoms with Crippen molar-refractivity contribution in [2.45, 2.75) is 17.7 Å². The number of benzene rings is 2. The van der Waals surface area contributed by atoms with E-state index in [9.17, 15) is 21.6 Å². The van der Waals surface area contributed by atoms with Gasteiger partial charge in [0, 0.05) is 18.7 Å². The summed E-state index contributed by atoms with van der Waals surface area (Å²) < 4.78 is 80.4. The number of rotatable bonds is 6. The van der Waals surface area contributed by atoms with Crippen LogP contribution >= 0.6 is 0 Å². The van der Waals surface area contributed by atoms with Gasteiger partial charge in [0.25, 0.3) is 5.89 Å². The number of aromatic nitrogens is 2. The van der Waals surface area contributed by atoms with E-state index in [2.05, 4.69) is 10.1 Å². The highest BCUT2D eigenvalue weighted by Gasteiger charge is 2.30. The molecular formula is C20H18F3N3O5S. The zero-order chi connectivity index (χ0) is 22.8. The van der Waals surface area contributed by atoms with Gasteiger partial charge in [0.05, 0.1) is 23.7 Å². The van der Waals surface area contributed by atoms with Crippen LogP contribution in [0.1, 0.15) is 11.5 Å². The summed E-state index contributed by atoms with van der Waals surface area (Å²) in [5, 5.41) is 3.75. The number of ether oxygens (including phenoxy) is 2. The number of sulfonamides is 1. The molecule has 32 heavy (non-hydrogen) atoms. The average molecular weight is 469 g/mol. The Kier molecular flexibility index (Phi) is 6.17. The first-order valence-corrected chi connectivity index (χ1v) is 11.0. The first-order chi connectivity index (χ1) is 15.2.